The van der Waals surface area contributed by atoms with Crippen LogP contribution >= 0.6 is 0 Å². The molecule has 6 rings (SSSR count). The molecule has 6 aromatic rings. The molecule has 1 heteroatoms. The summed E-state index contributed by atoms with van der Waals surface area (Å²) in [5.41, 5.74) is 9.64. The maximum Gasteiger partial charge on any atom is 0.138 e. The van der Waals surface area contributed by atoms with E-state index in [0.717, 1.165) is 44.5 Å². The van der Waals surface area contributed by atoms with Crippen LogP contribution in [0.3, 0.4) is 0 Å². The predicted octanol–water partition coefficient (Wildman–Crippen LogP) is 10.6. The summed E-state index contributed by atoms with van der Waals surface area (Å²) >= 11 is 0. The molecule has 0 amide bonds. The van der Waals surface area contributed by atoms with Crippen molar-refractivity contribution in [2.45, 2.75) is 0 Å². The topological polar surface area (TPSA) is 0 Å². The van der Waals surface area contributed by atoms with Crippen LogP contribution in [0.2, 0.25) is 0 Å². The Labute approximate surface area is 229 Å². The quantitative estimate of drug-likeness (QED) is 0.199. The lowest BCUT2D eigenvalue weighted by Gasteiger charge is -2.13. The lowest BCUT2D eigenvalue weighted by atomic mass is 9.92. The fourth-order valence-electron chi connectivity index (χ4n) is 4.97. The Morgan fingerprint density at radius 1 is 0.308 bits per heavy atom. The van der Waals surface area contributed by atoms with Gasteiger partial charge in [0.05, 0.1) is 0 Å². The highest BCUT2D eigenvalue weighted by Crippen LogP contribution is 2.36. The molecule has 0 heterocycles. The molecule has 186 valence electrons. The average molecular weight is 503 g/mol. The molecule has 0 saturated heterocycles. The van der Waals surface area contributed by atoms with Crippen molar-refractivity contribution in [3.63, 3.8) is 0 Å². The van der Waals surface area contributed by atoms with Crippen molar-refractivity contribution in [3.05, 3.63) is 180 Å². The minimum atomic E-state index is -0.234. The minimum absolute atomic E-state index is 0.234. The second-order valence-electron chi connectivity index (χ2n) is 9.53. The lowest BCUT2D eigenvalue weighted by Crippen LogP contribution is -1.92. The van der Waals surface area contributed by atoms with E-state index in [1.54, 1.807) is 0 Å². The van der Waals surface area contributed by atoms with Crippen LogP contribution in [0, 0.1) is 0 Å². The molecule has 0 unspecified atom stereocenters. The second-order valence-corrected chi connectivity index (χ2v) is 9.53. The highest BCUT2D eigenvalue weighted by Gasteiger charge is 2.14. The summed E-state index contributed by atoms with van der Waals surface area (Å²) in [6, 6.07) is 54.8. The summed E-state index contributed by atoms with van der Waals surface area (Å²) in [7, 11) is 0. The standard InChI is InChI=1S/C38H27F/c39-38(37(31-17-9-3-10-18-31)32-19-11-4-12-20-32)33-23-21-30(22-24-33)36-26-34(28-13-5-1-6-14-28)25-35(27-36)29-15-7-2-8-16-29/h1-27H. The van der Waals surface area contributed by atoms with Gasteiger partial charge in [0, 0.05) is 11.1 Å². The van der Waals surface area contributed by atoms with E-state index in [1.807, 2.05) is 97.1 Å². The summed E-state index contributed by atoms with van der Waals surface area (Å²) in [5, 5.41) is 0. The van der Waals surface area contributed by atoms with E-state index in [4.69, 9.17) is 0 Å². The third kappa shape index (κ3) is 5.35. The van der Waals surface area contributed by atoms with Gasteiger partial charge in [0.15, 0.2) is 0 Å². The van der Waals surface area contributed by atoms with Gasteiger partial charge in [-0.15, -0.1) is 0 Å². The van der Waals surface area contributed by atoms with Gasteiger partial charge < -0.3 is 0 Å². The lowest BCUT2D eigenvalue weighted by molar-refractivity contribution is 0.762. The van der Waals surface area contributed by atoms with E-state index >= 15 is 4.39 Å². The first-order valence-corrected chi connectivity index (χ1v) is 13.1. The van der Waals surface area contributed by atoms with Crippen molar-refractivity contribution in [3.8, 4) is 33.4 Å². The van der Waals surface area contributed by atoms with Gasteiger partial charge >= 0.3 is 0 Å². The molecular formula is C38H27F. The number of hydrogen-bond acceptors (Lipinski definition) is 0. The molecule has 0 aliphatic carbocycles. The predicted molar refractivity (Wildman–Crippen MR) is 163 cm³/mol. The summed E-state index contributed by atoms with van der Waals surface area (Å²) in [6.07, 6.45) is 0. The number of benzene rings is 6. The summed E-state index contributed by atoms with van der Waals surface area (Å²) in [4.78, 5) is 0. The summed E-state index contributed by atoms with van der Waals surface area (Å²) in [5.74, 6) is -0.234. The third-order valence-corrected chi connectivity index (χ3v) is 6.96. The van der Waals surface area contributed by atoms with Gasteiger partial charge in [0.2, 0.25) is 0 Å². The summed E-state index contributed by atoms with van der Waals surface area (Å²) in [6.45, 7) is 0. The van der Waals surface area contributed by atoms with Gasteiger partial charge in [-0.2, -0.15) is 0 Å². The number of hydrogen-bond donors (Lipinski definition) is 0. The molecule has 0 atom stereocenters. The second kappa shape index (κ2) is 11.2. The van der Waals surface area contributed by atoms with Crippen molar-refractivity contribution in [1.29, 1.82) is 0 Å². The molecule has 0 saturated carbocycles. The zero-order chi connectivity index (χ0) is 26.4. The van der Waals surface area contributed by atoms with Crippen LogP contribution in [0.5, 0.6) is 0 Å². The first-order chi connectivity index (χ1) is 19.3. The Morgan fingerprint density at radius 2 is 0.641 bits per heavy atom. The van der Waals surface area contributed by atoms with Crippen LogP contribution in [0.25, 0.3) is 44.8 Å². The van der Waals surface area contributed by atoms with E-state index in [2.05, 4.69) is 66.7 Å². The van der Waals surface area contributed by atoms with Gasteiger partial charge in [-0.05, 0) is 62.7 Å². The molecule has 0 spiro atoms. The third-order valence-electron chi connectivity index (χ3n) is 6.96. The van der Waals surface area contributed by atoms with Crippen molar-refractivity contribution in [2.24, 2.45) is 0 Å². The summed E-state index contributed by atoms with van der Waals surface area (Å²) < 4.78 is 16.2. The average Bonchev–Trinajstić information content (AvgIpc) is 3.03. The van der Waals surface area contributed by atoms with Crippen LogP contribution in [-0.4, -0.2) is 0 Å². The van der Waals surface area contributed by atoms with Gasteiger partial charge in [0.25, 0.3) is 0 Å². The number of rotatable bonds is 6. The fourth-order valence-corrected chi connectivity index (χ4v) is 4.97. The largest absolute Gasteiger partial charge is 0.206 e. The Hall–Kier alpha value is -5.01. The monoisotopic (exact) mass is 502 g/mol. The molecule has 6 aromatic carbocycles. The van der Waals surface area contributed by atoms with E-state index < -0.39 is 0 Å². The smallest absolute Gasteiger partial charge is 0.138 e. The Bertz CT molecular complexity index is 1600. The molecule has 0 nitrogen and oxygen atoms in total. The zero-order valence-electron chi connectivity index (χ0n) is 21.5. The Morgan fingerprint density at radius 3 is 1.03 bits per heavy atom. The van der Waals surface area contributed by atoms with Crippen molar-refractivity contribution >= 4 is 11.4 Å². The molecule has 0 aromatic heterocycles. The first kappa shape index (κ1) is 24.3. The zero-order valence-corrected chi connectivity index (χ0v) is 21.5. The molecule has 0 fully saturated rings. The minimum Gasteiger partial charge on any atom is -0.206 e. The van der Waals surface area contributed by atoms with E-state index in [0.29, 0.717) is 11.1 Å². The van der Waals surface area contributed by atoms with E-state index in [9.17, 15) is 0 Å². The fraction of sp³-hybridized carbons (Fsp3) is 0. The first-order valence-electron chi connectivity index (χ1n) is 13.1. The van der Waals surface area contributed by atoms with Crippen LogP contribution < -0.4 is 0 Å². The van der Waals surface area contributed by atoms with Gasteiger partial charge in [-0.3, -0.25) is 0 Å². The maximum absolute atomic E-state index is 16.2. The highest BCUT2D eigenvalue weighted by atomic mass is 19.1. The van der Waals surface area contributed by atoms with E-state index in [-0.39, 0.29) is 5.83 Å². The van der Waals surface area contributed by atoms with Crippen molar-refractivity contribution in [1.82, 2.24) is 0 Å². The molecule has 0 aliphatic heterocycles. The van der Waals surface area contributed by atoms with Crippen LogP contribution in [0.1, 0.15) is 16.7 Å². The Kier molecular flexibility index (Phi) is 6.97. The molecular weight excluding hydrogens is 475 g/mol. The van der Waals surface area contributed by atoms with Gasteiger partial charge in [-0.1, -0.05) is 146 Å². The van der Waals surface area contributed by atoms with Crippen LogP contribution in [0.4, 0.5) is 4.39 Å². The van der Waals surface area contributed by atoms with Gasteiger partial charge in [-0.25, -0.2) is 4.39 Å². The molecule has 0 N–H and O–H groups in total. The maximum atomic E-state index is 16.2. The number of halogens is 1. The van der Waals surface area contributed by atoms with E-state index in [1.165, 1.54) is 0 Å². The molecule has 0 aliphatic rings. The normalized spacial score (nSPS) is 10.7. The van der Waals surface area contributed by atoms with Gasteiger partial charge in [0.1, 0.15) is 5.83 Å². The van der Waals surface area contributed by atoms with Crippen LogP contribution in [0.15, 0.2) is 164 Å². The Balaban J connectivity index is 1.44. The highest BCUT2D eigenvalue weighted by molar-refractivity contribution is 5.96. The van der Waals surface area contributed by atoms with Crippen molar-refractivity contribution in [2.75, 3.05) is 0 Å². The molecule has 0 bridgehead atoms. The van der Waals surface area contributed by atoms with Crippen molar-refractivity contribution < 1.29 is 4.39 Å². The molecule has 0 radical (unpaired) electrons. The van der Waals surface area contributed by atoms with Crippen LogP contribution in [-0.2, 0) is 0 Å². The SMILES string of the molecule is FC(=C(c1ccccc1)c1ccccc1)c1ccc(-c2cc(-c3ccccc3)cc(-c3ccccc3)c2)cc1. The molecule has 39 heavy (non-hydrogen) atoms.